The van der Waals surface area contributed by atoms with Crippen LogP contribution in [-0.4, -0.2) is 119 Å². The number of amides is 6. The molecule has 0 aromatic heterocycles. The Bertz CT molecular complexity index is 2450. The van der Waals surface area contributed by atoms with Crippen molar-refractivity contribution in [1.29, 1.82) is 5.26 Å². The van der Waals surface area contributed by atoms with Crippen LogP contribution < -0.4 is 15.0 Å². The number of piperazine rings is 1. The molecule has 1 atom stereocenters. The zero-order valence-electron chi connectivity index (χ0n) is 35.4. The lowest BCUT2D eigenvalue weighted by atomic mass is 9.49. The molecule has 0 bridgehead atoms. The first-order chi connectivity index (χ1) is 29.6. The Morgan fingerprint density at radius 3 is 2.19 bits per heavy atom. The molecule has 3 aromatic carbocycles. The number of hydrogen-bond donors (Lipinski definition) is 1. The van der Waals surface area contributed by atoms with Gasteiger partial charge in [-0.25, -0.2) is 0 Å². The van der Waals surface area contributed by atoms with Crippen LogP contribution in [0.25, 0.3) is 0 Å². The monoisotopic (exact) mass is 859 g/mol. The highest BCUT2D eigenvalue weighted by Gasteiger charge is 2.67. The minimum Gasteiger partial charge on any atom is -0.489 e. The van der Waals surface area contributed by atoms with E-state index in [-0.39, 0.29) is 47.9 Å². The number of fused-ring (bicyclic) bond motifs is 2. The van der Waals surface area contributed by atoms with E-state index < -0.39 is 40.5 Å². The third-order valence-corrected chi connectivity index (χ3v) is 14.5. The predicted molar refractivity (Wildman–Crippen MR) is 229 cm³/mol. The van der Waals surface area contributed by atoms with Gasteiger partial charge in [-0.05, 0) is 79.3 Å². The molecule has 5 aliphatic heterocycles. The maximum atomic E-state index is 13.9. The molecule has 62 heavy (non-hydrogen) atoms. The Kier molecular flexibility index (Phi) is 10.4. The second-order valence-corrected chi connectivity index (χ2v) is 19.2. The van der Waals surface area contributed by atoms with Crippen LogP contribution in [0.5, 0.6) is 5.75 Å². The zero-order valence-corrected chi connectivity index (χ0v) is 36.2. The molecule has 4 fully saturated rings. The molecule has 1 N–H and O–H groups in total. The van der Waals surface area contributed by atoms with Crippen LogP contribution in [0, 0.1) is 28.1 Å². The van der Waals surface area contributed by atoms with E-state index in [2.05, 4.69) is 48.9 Å². The summed E-state index contributed by atoms with van der Waals surface area (Å²) in [4.78, 5) is 87.9. The lowest BCUT2D eigenvalue weighted by Gasteiger charge is -2.65. The highest BCUT2D eigenvalue weighted by atomic mass is 35.5. The molecule has 0 radical (unpaired) electrons. The maximum Gasteiger partial charge on any atom is 0.262 e. The number of carbonyl (C=O) groups excluding carboxylic acids is 6. The molecule has 15 heteroatoms. The summed E-state index contributed by atoms with van der Waals surface area (Å²) in [6.07, 6.45) is 1.91. The van der Waals surface area contributed by atoms with Gasteiger partial charge in [-0.3, -0.25) is 43.9 Å². The lowest BCUT2D eigenvalue weighted by Crippen LogP contribution is -2.74. The molecule has 1 unspecified atom stereocenters. The number of hydrogen-bond acceptors (Lipinski definition) is 10. The van der Waals surface area contributed by atoms with Crippen molar-refractivity contribution in [3.05, 3.63) is 93.0 Å². The Morgan fingerprint density at radius 2 is 1.52 bits per heavy atom. The predicted octanol–water partition coefficient (Wildman–Crippen LogP) is 5.13. The smallest absolute Gasteiger partial charge is 0.262 e. The first-order valence-corrected chi connectivity index (χ1v) is 21.9. The normalized spacial score (nSPS) is 24.7. The molecule has 6 amide bonds. The van der Waals surface area contributed by atoms with Crippen molar-refractivity contribution in [3.63, 3.8) is 0 Å². The summed E-state index contributed by atoms with van der Waals surface area (Å²) >= 11 is 6.29. The summed E-state index contributed by atoms with van der Waals surface area (Å²) in [7, 11) is 0. The third-order valence-electron chi connectivity index (χ3n) is 14.2. The molecule has 1 aliphatic carbocycles. The molecule has 3 aromatic rings. The molecule has 322 valence electrons. The molecule has 14 nitrogen and oxygen atoms in total. The van der Waals surface area contributed by atoms with Gasteiger partial charge in [0.15, 0.2) is 0 Å². The number of piperidine rings is 2. The van der Waals surface area contributed by atoms with Crippen molar-refractivity contribution < 1.29 is 33.5 Å². The quantitative estimate of drug-likeness (QED) is 0.301. The van der Waals surface area contributed by atoms with E-state index >= 15 is 0 Å². The minimum absolute atomic E-state index is 0.0275. The SMILES string of the molecule is CC1(C)C(Oc2ccc(C#N)c(Cl)c2)C(C)(C)C1N1Cc2cc(C(=O)N3CCN(CC4CCN(c5ccc6c(c5)C(=O)N(C5CCC(=O)NC5=O)C6=O)CC4)CC3)ccc2C1=O. The number of imide groups is 2. The number of nitriles is 1. The minimum atomic E-state index is -0.990. The lowest BCUT2D eigenvalue weighted by molar-refractivity contribution is -0.199. The van der Waals surface area contributed by atoms with E-state index in [1.165, 1.54) is 0 Å². The summed E-state index contributed by atoms with van der Waals surface area (Å²) in [6.45, 7) is 14.2. The number of ether oxygens (including phenoxy) is 1. The summed E-state index contributed by atoms with van der Waals surface area (Å²) in [5, 5.41) is 11.9. The first-order valence-electron chi connectivity index (χ1n) is 21.5. The average Bonchev–Trinajstić information content (AvgIpc) is 3.69. The van der Waals surface area contributed by atoms with Crippen LogP contribution in [0.15, 0.2) is 54.6 Å². The molecule has 5 heterocycles. The van der Waals surface area contributed by atoms with E-state index in [9.17, 15) is 34.0 Å². The van der Waals surface area contributed by atoms with E-state index in [4.69, 9.17) is 16.3 Å². The number of rotatable bonds is 8. The van der Waals surface area contributed by atoms with Crippen LogP contribution in [0.1, 0.15) is 106 Å². The van der Waals surface area contributed by atoms with Gasteiger partial charge in [0, 0.05) is 98.5 Å². The number of nitrogens with one attached hydrogen (secondary N) is 1. The van der Waals surface area contributed by atoms with Crippen molar-refractivity contribution in [2.24, 2.45) is 16.7 Å². The van der Waals surface area contributed by atoms with Gasteiger partial charge in [0.2, 0.25) is 11.8 Å². The molecule has 3 saturated heterocycles. The molecule has 1 saturated carbocycles. The number of anilines is 1. The largest absolute Gasteiger partial charge is 0.489 e. The highest BCUT2D eigenvalue weighted by molar-refractivity contribution is 6.31. The van der Waals surface area contributed by atoms with Gasteiger partial charge in [-0.1, -0.05) is 39.3 Å². The second-order valence-electron chi connectivity index (χ2n) is 18.8. The van der Waals surface area contributed by atoms with Crippen molar-refractivity contribution in [1.82, 2.24) is 24.9 Å². The summed E-state index contributed by atoms with van der Waals surface area (Å²) in [5.41, 5.74) is 3.10. The van der Waals surface area contributed by atoms with Gasteiger partial charge >= 0.3 is 0 Å². The fourth-order valence-corrected chi connectivity index (χ4v) is 11.6. The van der Waals surface area contributed by atoms with Crippen LogP contribution in [0.3, 0.4) is 0 Å². The maximum absolute atomic E-state index is 13.9. The topological polar surface area (TPSA) is 164 Å². The van der Waals surface area contributed by atoms with Crippen molar-refractivity contribution in [3.8, 4) is 11.8 Å². The van der Waals surface area contributed by atoms with Gasteiger partial charge in [0.1, 0.15) is 24.0 Å². The Morgan fingerprint density at radius 1 is 0.823 bits per heavy atom. The standard InChI is InChI=1S/C47H50ClN7O7/c1-46(2)44(47(3,4)45(46)62-32-8-5-29(24-49)36(48)23-32)54-26-30-21-28(6-9-33(30)41(54)59)40(58)53-19-17-51(18-20-53)25-27-13-15-52(16-14-27)31-7-10-34-35(22-31)43(61)55(42(34)60)37-11-12-38(56)50-39(37)57/h5-10,21-23,27,37,44-45H,11-20,25-26H2,1-4H3,(H,50,56,57). The number of nitrogens with zero attached hydrogens (tertiary/aromatic N) is 6. The number of carbonyl (C=O) groups is 6. The van der Waals surface area contributed by atoms with Crippen molar-refractivity contribution in [2.45, 2.75) is 78.1 Å². The average molecular weight is 860 g/mol. The summed E-state index contributed by atoms with van der Waals surface area (Å²) in [6, 6.07) is 16.8. The summed E-state index contributed by atoms with van der Waals surface area (Å²) < 4.78 is 6.47. The molecule has 6 aliphatic rings. The van der Waals surface area contributed by atoms with E-state index in [0.717, 1.165) is 61.7 Å². The van der Waals surface area contributed by atoms with Crippen molar-refractivity contribution in [2.75, 3.05) is 50.7 Å². The number of halogens is 1. The zero-order chi connectivity index (χ0) is 43.8. The van der Waals surface area contributed by atoms with Crippen LogP contribution in [-0.2, 0) is 16.1 Å². The molecular weight excluding hydrogens is 810 g/mol. The van der Waals surface area contributed by atoms with E-state index in [0.29, 0.717) is 53.0 Å². The molecular formula is C47H50ClN7O7. The van der Waals surface area contributed by atoms with E-state index in [1.807, 2.05) is 21.9 Å². The van der Waals surface area contributed by atoms with Gasteiger partial charge in [0.05, 0.1) is 21.7 Å². The summed E-state index contributed by atoms with van der Waals surface area (Å²) in [5.74, 6) is -1.04. The Balaban J connectivity index is 0.760. The van der Waals surface area contributed by atoms with Gasteiger partial charge in [-0.15, -0.1) is 0 Å². The van der Waals surface area contributed by atoms with Crippen molar-refractivity contribution >= 4 is 52.7 Å². The van der Waals surface area contributed by atoms with Crippen LogP contribution >= 0.6 is 11.6 Å². The third kappa shape index (κ3) is 6.99. The van der Waals surface area contributed by atoms with Crippen LogP contribution in [0.4, 0.5) is 5.69 Å². The first kappa shape index (κ1) is 41.6. The number of benzene rings is 3. The van der Waals surface area contributed by atoms with Gasteiger partial charge in [0.25, 0.3) is 23.6 Å². The van der Waals surface area contributed by atoms with Gasteiger partial charge < -0.3 is 19.4 Å². The fourth-order valence-electron chi connectivity index (χ4n) is 11.4. The fraction of sp³-hybridized carbons (Fsp3) is 0.468. The van der Waals surface area contributed by atoms with Crippen LogP contribution in [0.2, 0.25) is 5.02 Å². The second kappa shape index (κ2) is 15.5. The Hall–Kier alpha value is -5.78. The molecule has 9 rings (SSSR count). The van der Waals surface area contributed by atoms with E-state index in [1.54, 1.807) is 42.5 Å². The molecule has 0 spiro atoms. The highest BCUT2D eigenvalue weighted by Crippen LogP contribution is 2.59. The van der Waals surface area contributed by atoms with Gasteiger partial charge in [-0.2, -0.15) is 5.26 Å². The Labute approximate surface area is 365 Å².